The Balaban J connectivity index is 1.77. The van der Waals surface area contributed by atoms with E-state index in [2.05, 4.69) is 17.1 Å². The molecule has 2 heterocycles. The minimum atomic E-state index is -0.0423. The second-order valence-electron chi connectivity index (χ2n) is 5.80. The molecule has 6 heteroatoms. The van der Waals surface area contributed by atoms with Gasteiger partial charge in [-0.05, 0) is 23.4 Å². The van der Waals surface area contributed by atoms with Crippen LogP contribution in [-0.2, 0) is 11.3 Å². The predicted octanol–water partition coefficient (Wildman–Crippen LogP) is 4.77. The van der Waals surface area contributed by atoms with E-state index in [0.29, 0.717) is 11.7 Å². The highest BCUT2D eigenvalue weighted by Crippen LogP contribution is 2.32. The third kappa shape index (κ3) is 4.80. The number of carbonyl (C=O) groups is 1. The average molecular weight is 372 g/mol. The summed E-state index contributed by atoms with van der Waals surface area (Å²) in [4.78, 5) is 15.6. The first-order valence-corrected chi connectivity index (χ1v) is 10.2. The lowest BCUT2D eigenvalue weighted by atomic mass is 10.1. The van der Waals surface area contributed by atoms with E-state index in [-0.39, 0.29) is 11.2 Å². The lowest BCUT2D eigenvalue weighted by Gasteiger charge is -2.15. The smallest absolute Gasteiger partial charge is 0.242 e. The first-order chi connectivity index (χ1) is 12.3. The molecule has 4 nitrogen and oxygen atoms in total. The summed E-state index contributed by atoms with van der Waals surface area (Å²) in [6.07, 6.45) is 4.77. The van der Waals surface area contributed by atoms with Crippen molar-refractivity contribution in [2.24, 2.45) is 10.2 Å². The number of hydrogen-bond donors (Lipinski definition) is 0. The van der Waals surface area contributed by atoms with Gasteiger partial charge in [-0.25, -0.2) is 0 Å². The molecule has 1 aromatic heterocycles. The van der Waals surface area contributed by atoms with E-state index in [1.807, 2.05) is 47.8 Å². The molecule has 0 N–H and O–H groups in total. The molecule has 1 aliphatic rings. The highest BCUT2D eigenvalue weighted by molar-refractivity contribution is 8.15. The van der Waals surface area contributed by atoms with Crippen molar-refractivity contribution in [3.8, 4) is 0 Å². The molecule has 25 heavy (non-hydrogen) atoms. The van der Waals surface area contributed by atoms with Gasteiger partial charge in [0.05, 0.1) is 18.0 Å². The van der Waals surface area contributed by atoms with Crippen LogP contribution in [0.4, 0.5) is 0 Å². The second-order valence-corrected chi connectivity index (χ2v) is 7.95. The molecule has 130 valence electrons. The largest absolute Gasteiger partial charge is 0.284 e. The summed E-state index contributed by atoms with van der Waals surface area (Å²) in [5, 5.41) is 11.2. The standard InChI is InChI=1S/C19H21N3OS2/c1-2-3-11-17-18(23)22(14-15-8-5-4-6-9-15)19(25-17)21-20-13-16-10-7-12-24-16/h4-10,12-13,17H,2-3,11,14H2,1H3/b20-13-,21-19-/t17-/m1/s1. The number of benzene rings is 1. The zero-order valence-electron chi connectivity index (χ0n) is 14.2. The van der Waals surface area contributed by atoms with Gasteiger partial charge in [-0.1, -0.05) is 67.9 Å². The Kier molecular flexibility index (Phi) is 6.42. The fraction of sp³-hybridized carbons (Fsp3) is 0.316. The quantitative estimate of drug-likeness (QED) is 0.520. The third-order valence-corrected chi connectivity index (χ3v) is 5.94. The lowest BCUT2D eigenvalue weighted by molar-refractivity contribution is -0.126. The maximum Gasteiger partial charge on any atom is 0.242 e. The molecule has 0 radical (unpaired) electrons. The fourth-order valence-corrected chi connectivity index (χ4v) is 4.29. The summed E-state index contributed by atoms with van der Waals surface area (Å²) in [5.74, 6) is 0.146. The van der Waals surface area contributed by atoms with E-state index < -0.39 is 0 Å². The van der Waals surface area contributed by atoms with Crippen molar-refractivity contribution in [3.05, 3.63) is 58.3 Å². The maximum absolute atomic E-state index is 12.8. The molecular formula is C19H21N3OS2. The third-order valence-electron chi connectivity index (χ3n) is 3.89. The van der Waals surface area contributed by atoms with Gasteiger partial charge >= 0.3 is 0 Å². The molecular weight excluding hydrogens is 350 g/mol. The zero-order chi connectivity index (χ0) is 17.5. The highest BCUT2D eigenvalue weighted by Gasteiger charge is 2.37. The van der Waals surface area contributed by atoms with Crippen molar-refractivity contribution in [1.29, 1.82) is 0 Å². The second kappa shape index (κ2) is 8.97. The summed E-state index contributed by atoms with van der Waals surface area (Å²) < 4.78 is 0. The normalized spacial score (nSPS) is 19.4. The molecule has 1 saturated heterocycles. The number of unbranched alkanes of at least 4 members (excludes halogenated alkanes) is 1. The number of carbonyl (C=O) groups excluding carboxylic acids is 1. The molecule has 0 saturated carbocycles. The summed E-state index contributed by atoms with van der Waals surface area (Å²) >= 11 is 3.15. The first-order valence-electron chi connectivity index (χ1n) is 8.44. The van der Waals surface area contributed by atoms with Crippen molar-refractivity contribution >= 4 is 40.4 Å². The molecule has 1 atom stereocenters. The first kappa shape index (κ1) is 17.9. The van der Waals surface area contributed by atoms with Crippen LogP contribution in [0, 0.1) is 0 Å². The molecule has 1 amide bonds. The Labute approximate surface area is 156 Å². The van der Waals surface area contributed by atoms with Gasteiger partial charge in [0.15, 0.2) is 5.17 Å². The number of nitrogens with zero attached hydrogens (tertiary/aromatic N) is 3. The van der Waals surface area contributed by atoms with Crippen LogP contribution < -0.4 is 0 Å². The van der Waals surface area contributed by atoms with Crippen molar-refractivity contribution in [3.63, 3.8) is 0 Å². The highest BCUT2D eigenvalue weighted by atomic mass is 32.2. The minimum Gasteiger partial charge on any atom is -0.284 e. The van der Waals surface area contributed by atoms with Crippen molar-refractivity contribution in [2.75, 3.05) is 0 Å². The summed E-state index contributed by atoms with van der Waals surface area (Å²) in [5.41, 5.74) is 1.10. The van der Waals surface area contributed by atoms with Gasteiger partial charge in [0.2, 0.25) is 5.91 Å². The van der Waals surface area contributed by atoms with Gasteiger partial charge in [-0.2, -0.15) is 5.10 Å². The molecule has 1 aromatic carbocycles. The van der Waals surface area contributed by atoms with Gasteiger partial charge in [-0.3, -0.25) is 9.69 Å². The van der Waals surface area contributed by atoms with E-state index in [0.717, 1.165) is 29.7 Å². The number of rotatable bonds is 7. The predicted molar refractivity (Wildman–Crippen MR) is 107 cm³/mol. The molecule has 0 aliphatic carbocycles. The fourth-order valence-electron chi connectivity index (χ4n) is 2.57. The molecule has 3 rings (SSSR count). The van der Waals surface area contributed by atoms with E-state index in [1.165, 1.54) is 11.8 Å². The molecule has 0 bridgehead atoms. The zero-order valence-corrected chi connectivity index (χ0v) is 15.8. The monoisotopic (exact) mass is 371 g/mol. The Morgan fingerprint density at radius 1 is 1.20 bits per heavy atom. The van der Waals surface area contributed by atoms with Gasteiger partial charge < -0.3 is 0 Å². The molecule has 0 spiro atoms. The van der Waals surface area contributed by atoms with E-state index >= 15 is 0 Å². The number of amidine groups is 1. The summed E-state index contributed by atoms with van der Waals surface area (Å²) in [6.45, 7) is 2.69. The minimum absolute atomic E-state index is 0.0423. The topological polar surface area (TPSA) is 45.0 Å². The van der Waals surface area contributed by atoms with Crippen molar-refractivity contribution < 1.29 is 4.79 Å². The Morgan fingerprint density at radius 3 is 2.76 bits per heavy atom. The van der Waals surface area contributed by atoms with Gasteiger partial charge in [0.25, 0.3) is 0 Å². The van der Waals surface area contributed by atoms with Crippen molar-refractivity contribution in [1.82, 2.24) is 4.90 Å². The number of amides is 1. The van der Waals surface area contributed by atoms with E-state index in [9.17, 15) is 4.79 Å². The van der Waals surface area contributed by atoms with Crippen LogP contribution in [0.3, 0.4) is 0 Å². The SMILES string of the molecule is CCCC[C@H]1S/C(=N\N=C/c2cccs2)N(Cc2ccccc2)C1=O. The van der Waals surface area contributed by atoms with Crippen LogP contribution in [0.5, 0.6) is 0 Å². The molecule has 2 aromatic rings. The lowest BCUT2D eigenvalue weighted by Crippen LogP contribution is -2.31. The van der Waals surface area contributed by atoms with Gasteiger partial charge in [0.1, 0.15) is 0 Å². The van der Waals surface area contributed by atoms with Crippen LogP contribution >= 0.6 is 23.1 Å². The Morgan fingerprint density at radius 2 is 2.04 bits per heavy atom. The van der Waals surface area contributed by atoms with Gasteiger partial charge in [-0.15, -0.1) is 16.4 Å². The summed E-state index contributed by atoms with van der Waals surface area (Å²) in [7, 11) is 0. The number of thioether (sulfide) groups is 1. The van der Waals surface area contributed by atoms with Crippen LogP contribution in [0.15, 0.2) is 58.0 Å². The van der Waals surface area contributed by atoms with Crippen LogP contribution in [0.2, 0.25) is 0 Å². The Bertz CT molecular complexity index is 741. The average Bonchev–Trinajstić information content (AvgIpc) is 3.25. The Hall–Kier alpha value is -1.92. The van der Waals surface area contributed by atoms with Crippen LogP contribution in [0.1, 0.15) is 36.6 Å². The molecule has 0 unspecified atom stereocenters. The molecule has 1 aliphatic heterocycles. The van der Waals surface area contributed by atoms with Gasteiger partial charge in [0, 0.05) is 4.88 Å². The van der Waals surface area contributed by atoms with Crippen molar-refractivity contribution in [2.45, 2.75) is 38.0 Å². The van der Waals surface area contributed by atoms with Crippen LogP contribution in [-0.4, -0.2) is 27.4 Å². The van der Waals surface area contributed by atoms with E-state index in [1.54, 1.807) is 22.5 Å². The molecule has 1 fully saturated rings. The van der Waals surface area contributed by atoms with E-state index in [4.69, 9.17) is 0 Å². The number of thiophene rings is 1. The summed E-state index contributed by atoms with van der Waals surface area (Å²) in [6, 6.07) is 14.0. The number of hydrogen-bond acceptors (Lipinski definition) is 5. The van der Waals surface area contributed by atoms with Crippen LogP contribution in [0.25, 0.3) is 0 Å². The maximum atomic E-state index is 12.8.